The number of hydrogen-bond donors (Lipinski definition) is 0. The summed E-state index contributed by atoms with van der Waals surface area (Å²) in [6, 6.07) is 0. The highest BCUT2D eigenvalue weighted by Gasteiger charge is 2.37. The quantitative estimate of drug-likeness (QED) is 0.498. The van der Waals surface area contributed by atoms with E-state index in [2.05, 4.69) is 33.9 Å². The summed E-state index contributed by atoms with van der Waals surface area (Å²) in [6.07, 6.45) is 3.64. The molecule has 1 atom stereocenters. The van der Waals surface area contributed by atoms with Crippen molar-refractivity contribution in [2.24, 2.45) is 11.3 Å². The molecule has 0 radical (unpaired) electrons. The molecule has 0 amide bonds. The molecule has 2 rings (SSSR count). The number of hydrogen-bond acceptors (Lipinski definition) is 0. The van der Waals surface area contributed by atoms with Crippen molar-refractivity contribution in [2.75, 3.05) is 0 Å². The highest BCUT2D eigenvalue weighted by molar-refractivity contribution is 5.49. The van der Waals surface area contributed by atoms with Gasteiger partial charge in [0.25, 0.3) is 0 Å². The molecule has 0 aromatic rings. The molecule has 1 unspecified atom stereocenters. The lowest BCUT2D eigenvalue weighted by atomic mass is 9.74. The van der Waals surface area contributed by atoms with Gasteiger partial charge in [-0.3, -0.25) is 0 Å². The first-order valence-electron chi connectivity index (χ1n) is 5.53. The third-order valence-corrected chi connectivity index (χ3v) is 4.11. The summed E-state index contributed by atoms with van der Waals surface area (Å²) in [4.78, 5) is 0. The van der Waals surface area contributed by atoms with Crippen LogP contribution in [0.25, 0.3) is 0 Å². The van der Waals surface area contributed by atoms with Gasteiger partial charge in [-0.05, 0) is 35.8 Å². The Morgan fingerprint density at radius 3 is 2.57 bits per heavy atom. The molecule has 0 aromatic heterocycles. The van der Waals surface area contributed by atoms with Crippen molar-refractivity contribution < 1.29 is 0 Å². The predicted molar refractivity (Wildman–Crippen MR) is 62.1 cm³/mol. The van der Waals surface area contributed by atoms with Crippen molar-refractivity contribution in [3.8, 4) is 0 Å². The summed E-state index contributed by atoms with van der Waals surface area (Å²) in [5, 5.41) is 0. The minimum atomic E-state index is 0.390. The van der Waals surface area contributed by atoms with Crippen molar-refractivity contribution in [1.29, 1.82) is 0 Å². The highest BCUT2D eigenvalue weighted by atomic mass is 14.4. The molecule has 0 N–H and O–H groups in total. The highest BCUT2D eigenvalue weighted by Crippen LogP contribution is 2.52. The molecule has 2 aliphatic rings. The van der Waals surface area contributed by atoms with E-state index in [1.165, 1.54) is 24.0 Å². The van der Waals surface area contributed by atoms with Crippen LogP contribution in [0.3, 0.4) is 0 Å². The first-order valence-corrected chi connectivity index (χ1v) is 5.53. The molecule has 0 heterocycles. The lowest BCUT2D eigenvalue weighted by Crippen LogP contribution is -2.17. The van der Waals surface area contributed by atoms with E-state index < -0.39 is 0 Å². The summed E-state index contributed by atoms with van der Waals surface area (Å²) >= 11 is 0. The molecule has 0 spiro atoms. The maximum absolute atomic E-state index is 4.24. The molecule has 76 valence electrons. The van der Waals surface area contributed by atoms with Crippen LogP contribution in [0.5, 0.6) is 0 Å². The Bertz CT molecular complexity index is 339. The standard InChI is InChI=1S/C14H20/c1-9-8-13-12(11(3)10(9)2)6-7-14(13,4)5/h10H,1,3,6-8H2,2,4-5H3. The maximum Gasteiger partial charge on any atom is 0.00171 e. The normalized spacial score (nSPS) is 30.9. The van der Waals surface area contributed by atoms with Crippen molar-refractivity contribution in [2.45, 2.75) is 40.0 Å². The fourth-order valence-electron chi connectivity index (χ4n) is 2.74. The smallest absolute Gasteiger partial charge is 0.00171 e. The third kappa shape index (κ3) is 1.20. The molecule has 14 heavy (non-hydrogen) atoms. The van der Waals surface area contributed by atoms with Gasteiger partial charge in [0.1, 0.15) is 0 Å². The van der Waals surface area contributed by atoms with Gasteiger partial charge in [-0.25, -0.2) is 0 Å². The molecule has 0 saturated carbocycles. The van der Waals surface area contributed by atoms with E-state index in [1.54, 1.807) is 11.1 Å². The number of rotatable bonds is 0. The van der Waals surface area contributed by atoms with Gasteiger partial charge in [0.15, 0.2) is 0 Å². The van der Waals surface area contributed by atoms with Crippen LogP contribution in [0.4, 0.5) is 0 Å². The zero-order valence-electron chi connectivity index (χ0n) is 9.61. The van der Waals surface area contributed by atoms with Gasteiger partial charge in [-0.1, -0.05) is 45.1 Å². The summed E-state index contributed by atoms with van der Waals surface area (Å²) in [5.74, 6) is 0.502. The van der Waals surface area contributed by atoms with E-state index in [9.17, 15) is 0 Å². The minimum absolute atomic E-state index is 0.390. The second-order valence-corrected chi connectivity index (χ2v) is 5.42. The zero-order valence-corrected chi connectivity index (χ0v) is 9.61. The molecule has 2 aliphatic carbocycles. The average Bonchev–Trinajstić information content (AvgIpc) is 2.39. The van der Waals surface area contributed by atoms with Crippen LogP contribution in [0, 0.1) is 11.3 Å². The van der Waals surface area contributed by atoms with E-state index in [1.807, 2.05) is 0 Å². The van der Waals surface area contributed by atoms with Crippen LogP contribution in [0.15, 0.2) is 35.5 Å². The third-order valence-electron chi connectivity index (χ3n) is 4.11. The molecule has 0 bridgehead atoms. The van der Waals surface area contributed by atoms with Crippen molar-refractivity contribution >= 4 is 0 Å². The van der Waals surface area contributed by atoms with E-state index in [0.29, 0.717) is 11.3 Å². The molecular formula is C14H20. The van der Waals surface area contributed by atoms with E-state index in [-0.39, 0.29) is 0 Å². The van der Waals surface area contributed by atoms with Crippen LogP contribution in [-0.2, 0) is 0 Å². The summed E-state index contributed by atoms with van der Waals surface area (Å²) in [6.45, 7) is 15.4. The van der Waals surface area contributed by atoms with Gasteiger partial charge in [-0.15, -0.1) is 0 Å². The largest absolute Gasteiger partial charge is 0.0989 e. The van der Waals surface area contributed by atoms with Crippen LogP contribution >= 0.6 is 0 Å². The summed E-state index contributed by atoms with van der Waals surface area (Å²) in [7, 11) is 0. The molecule has 0 aliphatic heterocycles. The molecule has 0 heteroatoms. The van der Waals surface area contributed by atoms with Crippen LogP contribution in [0.2, 0.25) is 0 Å². The van der Waals surface area contributed by atoms with Crippen molar-refractivity contribution in [3.05, 3.63) is 35.5 Å². The van der Waals surface area contributed by atoms with Gasteiger partial charge in [0, 0.05) is 5.92 Å². The van der Waals surface area contributed by atoms with Crippen LogP contribution in [0.1, 0.15) is 40.0 Å². The summed E-state index contributed by atoms with van der Waals surface area (Å²) in [5.41, 5.74) is 6.26. The van der Waals surface area contributed by atoms with Crippen LogP contribution < -0.4 is 0 Å². The lowest BCUT2D eigenvalue weighted by molar-refractivity contribution is 0.432. The first-order chi connectivity index (χ1) is 6.43. The minimum Gasteiger partial charge on any atom is -0.0989 e. The van der Waals surface area contributed by atoms with Gasteiger partial charge < -0.3 is 0 Å². The van der Waals surface area contributed by atoms with Crippen molar-refractivity contribution in [3.63, 3.8) is 0 Å². The maximum atomic E-state index is 4.24. The van der Waals surface area contributed by atoms with E-state index >= 15 is 0 Å². The molecule has 0 saturated heterocycles. The van der Waals surface area contributed by atoms with Gasteiger partial charge in [0.05, 0.1) is 0 Å². The monoisotopic (exact) mass is 188 g/mol. The Morgan fingerprint density at radius 1 is 1.29 bits per heavy atom. The van der Waals surface area contributed by atoms with Gasteiger partial charge >= 0.3 is 0 Å². The fraction of sp³-hybridized carbons (Fsp3) is 0.571. The van der Waals surface area contributed by atoms with Crippen molar-refractivity contribution in [1.82, 2.24) is 0 Å². The SMILES string of the molecule is C=C1CC2=C(CCC2(C)C)C(=C)C1C. The van der Waals surface area contributed by atoms with Gasteiger partial charge in [0.2, 0.25) is 0 Å². The topological polar surface area (TPSA) is 0 Å². The second-order valence-electron chi connectivity index (χ2n) is 5.42. The molecule has 0 aromatic carbocycles. The van der Waals surface area contributed by atoms with Crippen LogP contribution in [-0.4, -0.2) is 0 Å². The Balaban J connectivity index is 2.46. The van der Waals surface area contributed by atoms with E-state index in [0.717, 1.165) is 6.42 Å². The Labute approximate surface area is 87.4 Å². The Morgan fingerprint density at radius 2 is 1.93 bits per heavy atom. The lowest BCUT2D eigenvalue weighted by Gasteiger charge is -2.31. The van der Waals surface area contributed by atoms with E-state index in [4.69, 9.17) is 0 Å². The predicted octanol–water partition coefficient (Wildman–Crippen LogP) is 4.26. The number of allylic oxidation sites excluding steroid dienone is 4. The molecule has 0 fully saturated rings. The first kappa shape index (κ1) is 9.76. The van der Waals surface area contributed by atoms with Gasteiger partial charge in [-0.2, -0.15) is 0 Å². The Kier molecular flexibility index (Phi) is 1.99. The average molecular weight is 188 g/mol. The molecule has 0 nitrogen and oxygen atoms in total. The zero-order chi connectivity index (χ0) is 10.5. The second kappa shape index (κ2) is 2.85. The summed E-state index contributed by atoms with van der Waals surface area (Å²) < 4.78 is 0. The Hall–Kier alpha value is -0.780. The molecular weight excluding hydrogens is 168 g/mol. The fourth-order valence-corrected chi connectivity index (χ4v) is 2.74.